The van der Waals surface area contributed by atoms with Gasteiger partial charge in [0.1, 0.15) is 25.5 Å². The molecule has 21 heavy (non-hydrogen) atoms. The van der Waals surface area contributed by atoms with Crippen molar-refractivity contribution in [3.05, 3.63) is 68.6 Å². The molecule has 6 heteroatoms. The highest BCUT2D eigenvalue weighted by Gasteiger charge is 2.07. The number of halogens is 2. The molecule has 0 bridgehead atoms. The van der Waals surface area contributed by atoms with Crippen molar-refractivity contribution < 1.29 is 4.74 Å². The predicted molar refractivity (Wildman–Crippen MR) is 90.4 cm³/mol. The molecule has 2 aromatic carbocycles. The summed E-state index contributed by atoms with van der Waals surface area (Å²) < 4.78 is 7.11. The van der Waals surface area contributed by atoms with Crippen molar-refractivity contribution in [3.8, 4) is 11.5 Å². The molecule has 0 saturated carbocycles. The third-order valence-corrected chi connectivity index (χ3v) is 6.11. The second kappa shape index (κ2) is 6.62. The van der Waals surface area contributed by atoms with Gasteiger partial charge in [-0.25, -0.2) is 4.99 Å². The molecule has 0 amide bonds. The maximum absolute atomic E-state index is 6.13. The fraction of sp³-hybridized carbons (Fsp3) is 0. The highest BCUT2D eigenvalue weighted by Crippen LogP contribution is 2.33. The van der Waals surface area contributed by atoms with Crippen LogP contribution < -0.4 is 9.41 Å². The third-order valence-electron chi connectivity index (χ3n) is 2.61. The van der Waals surface area contributed by atoms with E-state index in [1.54, 1.807) is 0 Å². The van der Waals surface area contributed by atoms with Gasteiger partial charge in [-0.05, 0) is 24.3 Å². The van der Waals surface area contributed by atoms with E-state index >= 15 is 0 Å². The molecular weight excluding hydrogens is 345 g/mol. The zero-order valence-electron chi connectivity index (χ0n) is 10.6. The lowest BCUT2D eigenvalue weighted by molar-refractivity contribution is 0.484. The van der Waals surface area contributed by atoms with Gasteiger partial charge in [0.05, 0.1) is 0 Å². The standard InChI is InChI=1S/C15H9Cl2NOS2/c16-13-14(17)20-21-15(13)18-11-8-4-5-9-12(11)19-10-6-2-1-3-7-10/h1-9H. The van der Waals surface area contributed by atoms with Crippen LogP contribution >= 0.6 is 43.9 Å². The van der Waals surface area contributed by atoms with Gasteiger partial charge in [0.25, 0.3) is 0 Å². The minimum atomic E-state index is 0.487. The first-order valence-corrected chi connectivity index (χ1v) is 8.95. The maximum Gasteiger partial charge on any atom is 0.153 e. The predicted octanol–water partition coefficient (Wildman–Crippen LogP) is 6.14. The Balaban J connectivity index is 2.01. The smallest absolute Gasteiger partial charge is 0.153 e. The Morgan fingerprint density at radius 3 is 2.29 bits per heavy atom. The average molecular weight is 354 g/mol. The van der Waals surface area contributed by atoms with Crippen LogP contribution in [0.5, 0.6) is 11.5 Å². The molecule has 0 N–H and O–H groups in total. The number of ether oxygens (including phenoxy) is 1. The molecule has 106 valence electrons. The molecule has 0 unspecified atom stereocenters. The molecule has 1 aromatic heterocycles. The van der Waals surface area contributed by atoms with Crippen molar-refractivity contribution in [2.75, 3.05) is 0 Å². The molecule has 0 fully saturated rings. The summed E-state index contributed by atoms with van der Waals surface area (Å²) in [6.45, 7) is 0. The van der Waals surface area contributed by atoms with Crippen LogP contribution in [-0.4, -0.2) is 0 Å². The highest BCUT2D eigenvalue weighted by molar-refractivity contribution is 7.69. The lowest BCUT2D eigenvalue weighted by atomic mass is 10.3. The van der Waals surface area contributed by atoms with E-state index in [9.17, 15) is 0 Å². The summed E-state index contributed by atoms with van der Waals surface area (Å²) in [5.74, 6) is 1.44. The first kappa shape index (κ1) is 14.6. The largest absolute Gasteiger partial charge is 0.455 e. The number of nitrogens with zero attached hydrogens (tertiary/aromatic N) is 1. The van der Waals surface area contributed by atoms with E-state index in [0.717, 1.165) is 5.75 Å². The van der Waals surface area contributed by atoms with Gasteiger partial charge in [0.2, 0.25) is 0 Å². The molecule has 0 aliphatic heterocycles. The normalized spacial score (nSPS) is 11.6. The second-order valence-electron chi connectivity index (χ2n) is 4.05. The van der Waals surface area contributed by atoms with Gasteiger partial charge in [-0.15, -0.1) is 0 Å². The van der Waals surface area contributed by atoms with Crippen molar-refractivity contribution >= 4 is 49.6 Å². The first-order chi connectivity index (χ1) is 10.2. The molecule has 2 nitrogen and oxygen atoms in total. The van der Waals surface area contributed by atoms with Crippen LogP contribution in [0.15, 0.2) is 59.6 Å². The summed E-state index contributed by atoms with van der Waals surface area (Å²) in [6, 6.07) is 17.1. The fourth-order valence-corrected chi connectivity index (χ4v) is 4.40. The topological polar surface area (TPSA) is 21.6 Å². The van der Waals surface area contributed by atoms with E-state index in [0.29, 0.717) is 25.5 Å². The highest BCUT2D eigenvalue weighted by atomic mass is 35.5. The molecule has 3 rings (SSSR count). The Bertz CT molecular complexity index is 812. The van der Waals surface area contributed by atoms with Crippen molar-refractivity contribution in [2.45, 2.75) is 0 Å². The zero-order valence-corrected chi connectivity index (χ0v) is 13.8. The van der Waals surface area contributed by atoms with Gasteiger partial charge in [-0.2, -0.15) is 0 Å². The summed E-state index contributed by atoms with van der Waals surface area (Å²) >= 11 is 12.1. The van der Waals surface area contributed by atoms with Gasteiger partial charge in [-0.3, -0.25) is 0 Å². The molecule has 0 spiro atoms. The van der Waals surface area contributed by atoms with E-state index in [2.05, 4.69) is 4.99 Å². The molecule has 1 heterocycles. The Kier molecular flexibility index (Phi) is 4.60. The molecule has 0 saturated heterocycles. The van der Waals surface area contributed by atoms with Crippen LogP contribution in [0, 0.1) is 0 Å². The van der Waals surface area contributed by atoms with Crippen molar-refractivity contribution in [3.63, 3.8) is 0 Å². The van der Waals surface area contributed by atoms with Crippen molar-refractivity contribution in [2.24, 2.45) is 4.99 Å². The third kappa shape index (κ3) is 3.47. The number of hydrogen-bond acceptors (Lipinski definition) is 4. The van der Waals surface area contributed by atoms with E-state index in [-0.39, 0.29) is 0 Å². The van der Waals surface area contributed by atoms with Crippen LogP contribution in [0.25, 0.3) is 0 Å². The number of benzene rings is 2. The average Bonchev–Trinajstić information content (AvgIpc) is 2.82. The maximum atomic E-state index is 6.13. The number of hydrogen-bond donors (Lipinski definition) is 0. The Labute approximate surface area is 139 Å². The van der Waals surface area contributed by atoms with E-state index < -0.39 is 0 Å². The van der Waals surface area contributed by atoms with E-state index in [1.807, 2.05) is 54.6 Å². The van der Waals surface area contributed by atoms with Gasteiger partial charge in [0, 0.05) is 0 Å². The van der Waals surface area contributed by atoms with E-state index in [4.69, 9.17) is 27.9 Å². The molecule has 0 aliphatic carbocycles. The summed E-state index contributed by atoms with van der Waals surface area (Å²) in [5.41, 5.74) is 0.717. The van der Waals surface area contributed by atoms with Crippen LogP contribution in [0.4, 0.5) is 5.69 Å². The summed E-state index contributed by atoms with van der Waals surface area (Å²) in [4.78, 5) is 4.55. The van der Waals surface area contributed by atoms with Gasteiger partial charge in [0.15, 0.2) is 5.75 Å². The molecule has 0 aliphatic rings. The van der Waals surface area contributed by atoms with Crippen LogP contribution in [0.2, 0.25) is 9.36 Å². The zero-order chi connectivity index (χ0) is 14.7. The van der Waals surface area contributed by atoms with Crippen molar-refractivity contribution in [1.29, 1.82) is 0 Å². The lowest BCUT2D eigenvalue weighted by Gasteiger charge is -2.07. The minimum Gasteiger partial charge on any atom is -0.455 e. The first-order valence-electron chi connectivity index (χ1n) is 6.05. The molecule has 3 aromatic rings. The quantitative estimate of drug-likeness (QED) is 0.518. The monoisotopic (exact) mass is 353 g/mol. The Morgan fingerprint density at radius 2 is 1.57 bits per heavy atom. The summed E-state index contributed by atoms with van der Waals surface area (Å²) in [7, 11) is 2.84. The van der Waals surface area contributed by atoms with Crippen molar-refractivity contribution in [1.82, 2.24) is 0 Å². The van der Waals surface area contributed by atoms with Crippen LogP contribution in [0.1, 0.15) is 0 Å². The molecule has 0 radical (unpaired) electrons. The van der Waals surface area contributed by atoms with E-state index in [1.165, 1.54) is 20.7 Å². The number of rotatable bonds is 3. The summed E-state index contributed by atoms with van der Waals surface area (Å²) in [5, 5.41) is 0.487. The van der Waals surface area contributed by atoms with Gasteiger partial charge < -0.3 is 4.74 Å². The Hall–Kier alpha value is -1.33. The lowest BCUT2D eigenvalue weighted by Crippen LogP contribution is -1.93. The summed E-state index contributed by atoms with van der Waals surface area (Å²) in [6.07, 6.45) is 0. The molecular formula is C15H9Cl2NOS2. The fourth-order valence-electron chi connectivity index (χ4n) is 1.66. The van der Waals surface area contributed by atoms with Crippen LogP contribution in [-0.2, 0) is 0 Å². The SMILES string of the molecule is Clc1ssc(=Nc2ccccc2Oc2ccccc2)c1Cl. The minimum absolute atomic E-state index is 0.487. The number of para-hydroxylation sites is 3. The second-order valence-corrected chi connectivity index (χ2v) is 7.16. The van der Waals surface area contributed by atoms with Gasteiger partial charge in [-0.1, -0.05) is 74.2 Å². The Morgan fingerprint density at radius 1 is 0.857 bits per heavy atom. The van der Waals surface area contributed by atoms with Gasteiger partial charge >= 0.3 is 0 Å². The molecule has 0 atom stereocenters. The van der Waals surface area contributed by atoms with Crippen LogP contribution in [0.3, 0.4) is 0 Å².